The van der Waals surface area contributed by atoms with E-state index in [-0.39, 0.29) is 12.3 Å². The third-order valence-electron chi connectivity index (χ3n) is 3.15. The first kappa shape index (κ1) is 18.2. The Morgan fingerprint density at radius 2 is 2.13 bits per heavy atom. The zero-order chi connectivity index (χ0) is 17.0. The Morgan fingerprint density at radius 3 is 2.74 bits per heavy atom. The molecule has 0 amide bonds. The van der Waals surface area contributed by atoms with Crippen LogP contribution in [0.25, 0.3) is 11.3 Å². The fourth-order valence-electron chi connectivity index (χ4n) is 2.14. The molecular formula is C15H19ClN2O3S2. The van der Waals surface area contributed by atoms with E-state index in [1.54, 1.807) is 19.2 Å². The average molecular weight is 375 g/mol. The lowest BCUT2D eigenvalue weighted by atomic mass is 10.1. The summed E-state index contributed by atoms with van der Waals surface area (Å²) in [6.07, 6.45) is 0.581. The molecule has 2 rings (SSSR count). The maximum Gasteiger partial charge on any atom is 0.211 e. The summed E-state index contributed by atoms with van der Waals surface area (Å²) in [7, 11) is -1.70. The van der Waals surface area contributed by atoms with Crippen LogP contribution in [0.5, 0.6) is 5.75 Å². The number of benzene rings is 1. The summed E-state index contributed by atoms with van der Waals surface area (Å²) in [5, 5.41) is 1.37. The summed E-state index contributed by atoms with van der Waals surface area (Å²) < 4.78 is 31.4. The van der Waals surface area contributed by atoms with Gasteiger partial charge in [-0.25, -0.2) is 18.1 Å². The first-order valence-corrected chi connectivity index (χ1v) is 9.98. The van der Waals surface area contributed by atoms with Crippen molar-refractivity contribution >= 4 is 33.0 Å². The number of methoxy groups -OCH3 is 1. The minimum atomic E-state index is -3.26. The van der Waals surface area contributed by atoms with Crippen molar-refractivity contribution in [1.82, 2.24) is 9.71 Å². The van der Waals surface area contributed by atoms with Crippen LogP contribution in [0.1, 0.15) is 23.2 Å². The van der Waals surface area contributed by atoms with Gasteiger partial charge in [0.2, 0.25) is 10.0 Å². The van der Waals surface area contributed by atoms with Crippen LogP contribution in [0.3, 0.4) is 0 Å². The SMILES string of the molecule is CCCS(=O)(=O)NCc1sc(C)nc1-c1ccc(OC)c(Cl)c1. The molecule has 0 aliphatic rings. The third kappa shape index (κ3) is 4.67. The molecule has 0 spiro atoms. The quantitative estimate of drug-likeness (QED) is 0.803. The monoisotopic (exact) mass is 374 g/mol. The lowest BCUT2D eigenvalue weighted by molar-refractivity contribution is 0.415. The second kappa shape index (κ2) is 7.61. The standard InChI is InChI=1S/C15H19ClN2O3S2/c1-4-7-23(19,20)17-9-14-15(18-10(2)22-14)11-5-6-13(21-3)12(16)8-11/h5-6,8,17H,4,7,9H2,1-3H3. The van der Waals surface area contributed by atoms with Crippen LogP contribution in [0.2, 0.25) is 5.02 Å². The largest absolute Gasteiger partial charge is 0.495 e. The molecule has 0 radical (unpaired) electrons. The van der Waals surface area contributed by atoms with Crippen LogP contribution in [-0.2, 0) is 16.6 Å². The van der Waals surface area contributed by atoms with Gasteiger partial charge in [-0.15, -0.1) is 11.3 Å². The summed E-state index contributed by atoms with van der Waals surface area (Å²) >= 11 is 7.64. The van der Waals surface area contributed by atoms with Crippen molar-refractivity contribution in [2.45, 2.75) is 26.8 Å². The van der Waals surface area contributed by atoms with Gasteiger partial charge in [0.1, 0.15) is 5.75 Å². The molecule has 0 unspecified atom stereocenters. The molecule has 126 valence electrons. The Kier molecular flexibility index (Phi) is 6.02. The van der Waals surface area contributed by atoms with Crippen molar-refractivity contribution < 1.29 is 13.2 Å². The van der Waals surface area contributed by atoms with Gasteiger partial charge in [-0.2, -0.15) is 0 Å². The molecule has 1 heterocycles. The first-order valence-electron chi connectivity index (χ1n) is 7.14. The molecule has 5 nitrogen and oxygen atoms in total. The molecule has 0 saturated carbocycles. The fourth-order valence-corrected chi connectivity index (χ4v) is 4.44. The highest BCUT2D eigenvalue weighted by molar-refractivity contribution is 7.89. The molecular weight excluding hydrogens is 356 g/mol. The Hall–Kier alpha value is -1.15. The Morgan fingerprint density at radius 1 is 1.39 bits per heavy atom. The highest BCUT2D eigenvalue weighted by atomic mass is 35.5. The summed E-state index contributed by atoms with van der Waals surface area (Å²) in [5.41, 5.74) is 1.58. The lowest BCUT2D eigenvalue weighted by Crippen LogP contribution is -2.25. The third-order valence-corrected chi connectivity index (χ3v) is 5.95. The Labute approximate surface area is 145 Å². The predicted octanol–water partition coefficient (Wildman–Crippen LogP) is 3.61. The maximum atomic E-state index is 11.8. The predicted molar refractivity (Wildman–Crippen MR) is 94.8 cm³/mol. The molecule has 1 aromatic heterocycles. The van der Waals surface area contributed by atoms with E-state index < -0.39 is 10.0 Å². The molecule has 1 aromatic carbocycles. The normalized spacial score (nSPS) is 11.7. The molecule has 23 heavy (non-hydrogen) atoms. The van der Waals surface area contributed by atoms with Crippen molar-refractivity contribution in [3.8, 4) is 17.0 Å². The van der Waals surface area contributed by atoms with Crippen LogP contribution >= 0.6 is 22.9 Å². The molecule has 0 fully saturated rings. The number of sulfonamides is 1. The van der Waals surface area contributed by atoms with Gasteiger partial charge in [0.15, 0.2) is 0 Å². The summed E-state index contributed by atoms with van der Waals surface area (Å²) in [5.74, 6) is 0.710. The smallest absolute Gasteiger partial charge is 0.211 e. The van der Waals surface area contributed by atoms with Crippen molar-refractivity contribution in [3.63, 3.8) is 0 Å². The number of halogens is 1. The second-order valence-electron chi connectivity index (χ2n) is 4.99. The molecule has 1 N–H and O–H groups in total. The van der Waals surface area contributed by atoms with Crippen LogP contribution in [0, 0.1) is 6.92 Å². The minimum absolute atomic E-state index is 0.120. The van der Waals surface area contributed by atoms with Crippen LogP contribution in [0.15, 0.2) is 18.2 Å². The highest BCUT2D eigenvalue weighted by Gasteiger charge is 2.16. The second-order valence-corrected chi connectivity index (χ2v) is 8.62. The summed E-state index contributed by atoms with van der Waals surface area (Å²) in [4.78, 5) is 5.37. The van der Waals surface area contributed by atoms with E-state index in [0.29, 0.717) is 17.2 Å². The van der Waals surface area contributed by atoms with Gasteiger partial charge in [0.05, 0.1) is 28.6 Å². The van der Waals surface area contributed by atoms with Crippen LogP contribution in [-0.4, -0.2) is 26.3 Å². The number of aromatic nitrogens is 1. The van der Waals surface area contributed by atoms with Crippen molar-refractivity contribution in [3.05, 3.63) is 33.1 Å². The van der Waals surface area contributed by atoms with E-state index in [9.17, 15) is 8.42 Å². The van der Waals surface area contributed by atoms with Gasteiger partial charge in [-0.1, -0.05) is 18.5 Å². The Balaban J connectivity index is 2.29. The van der Waals surface area contributed by atoms with Gasteiger partial charge in [-0.3, -0.25) is 0 Å². The molecule has 0 bridgehead atoms. The van der Waals surface area contributed by atoms with Gasteiger partial charge < -0.3 is 4.74 Å². The van der Waals surface area contributed by atoms with E-state index >= 15 is 0 Å². The molecule has 2 aromatic rings. The van der Waals surface area contributed by atoms with Crippen molar-refractivity contribution in [2.75, 3.05) is 12.9 Å². The molecule has 0 aliphatic heterocycles. The number of hydrogen-bond acceptors (Lipinski definition) is 5. The topological polar surface area (TPSA) is 68.3 Å². The van der Waals surface area contributed by atoms with Gasteiger partial charge in [0, 0.05) is 17.0 Å². The summed E-state index contributed by atoms with van der Waals surface area (Å²) in [6.45, 7) is 3.96. The number of thiazole rings is 1. The number of nitrogens with zero attached hydrogens (tertiary/aromatic N) is 1. The zero-order valence-corrected chi connectivity index (χ0v) is 15.6. The molecule has 0 saturated heterocycles. The minimum Gasteiger partial charge on any atom is -0.495 e. The number of rotatable bonds is 7. The fraction of sp³-hybridized carbons (Fsp3) is 0.400. The van der Waals surface area contributed by atoms with Gasteiger partial charge in [-0.05, 0) is 31.5 Å². The van der Waals surface area contributed by atoms with Gasteiger partial charge in [0.25, 0.3) is 0 Å². The molecule has 8 heteroatoms. The number of ether oxygens (including phenoxy) is 1. The van der Waals surface area contributed by atoms with E-state index in [2.05, 4.69) is 9.71 Å². The van der Waals surface area contributed by atoms with Crippen LogP contribution < -0.4 is 9.46 Å². The summed E-state index contributed by atoms with van der Waals surface area (Å²) in [6, 6.07) is 5.42. The van der Waals surface area contributed by atoms with Crippen molar-refractivity contribution in [1.29, 1.82) is 0 Å². The highest BCUT2D eigenvalue weighted by Crippen LogP contribution is 2.33. The van der Waals surface area contributed by atoms with E-state index in [4.69, 9.17) is 16.3 Å². The number of nitrogens with one attached hydrogen (secondary N) is 1. The Bertz CT molecular complexity index is 788. The van der Waals surface area contributed by atoms with E-state index in [0.717, 1.165) is 21.1 Å². The molecule has 0 aliphatic carbocycles. The average Bonchev–Trinajstić information content (AvgIpc) is 2.86. The lowest BCUT2D eigenvalue weighted by Gasteiger charge is -2.08. The van der Waals surface area contributed by atoms with E-state index in [1.165, 1.54) is 11.3 Å². The maximum absolute atomic E-state index is 11.8. The van der Waals surface area contributed by atoms with E-state index in [1.807, 2.05) is 19.9 Å². The number of hydrogen-bond donors (Lipinski definition) is 1. The first-order chi connectivity index (χ1) is 10.9. The van der Waals surface area contributed by atoms with Crippen LogP contribution in [0.4, 0.5) is 0 Å². The molecule has 0 atom stereocenters. The number of aryl methyl sites for hydroxylation is 1. The van der Waals surface area contributed by atoms with Gasteiger partial charge >= 0.3 is 0 Å². The zero-order valence-electron chi connectivity index (χ0n) is 13.2. The van der Waals surface area contributed by atoms with Crippen molar-refractivity contribution in [2.24, 2.45) is 0 Å².